The van der Waals surface area contributed by atoms with Gasteiger partial charge in [0.05, 0.1) is 9.96 Å². The van der Waals surface area contributed by atoms with Crippen LogP contribution in [0, 0.1) is 20.4 Å². The smallest absolute Gasteiger partial charge is 0.258 e. The van der Waals surface area contributed by atoms with Crippen LogP contribution in [0.3, 0.4) is 0 Å². The van der Waals surface area contributed by atoms with E-state index in [-0.39, 0.29) is 5.69 Å². The molecule has 0 aromatic heterocycles. The van der Waals surface area contributed by atoms with Gasteiger partial charge in [0.2, 0.25) is 0 Å². The third kappa shape index (κ3) is 10.9. The molecule has 0 radical (unpaired) electrons. The maximum absolute atomic E-state index is 10.4. The van der Waals surface area contributed by atoms with Crippen molar-refractivity contribution in [3.8, 4) is 0 Å². The standard InChI is InChI=1S/C11H12ClN2O2.ClHO4/c1-13(2)8-7-11(12)9-3-5-10(6-4-9)14(15)16;2-1(3,4)5/h3-8H,1-2H3;(H,2,3,4,5)/q+1;/p-1/b11-7-;. The Kier molecular flexibility index (Phi) is 8.03. The Morgan fingerprint density at radius 2 is 1.57 bits per heavy atom. The minimum absolute atomic E-state index is 0.0600. The first-order valence-corrected chi connectivity index (χ1v) is 6.85. The molecule has 0 bridgehead atoms. The van der Waals surface area contributed by atoms with Crippen LogP contribution < -0.4 is 18.6 Å². The van der Waals surface area contributed by atoms with Crippen molar-refractivity contribution in [3.05, 3.63) is 46.0 Å². The van der Waals surface area contributed by atoms with Gasteiger partial charge in [0.15, 0.2) is 6.21 Å². The number of rotatable bonds is 3. The second-order valence-electron chi connectivity index (χ2n) is 3.81. The van der Waals surface area contributed by atoms with Crippen molar-refractivity contribution in [3.63, 3.8) is 0 Å². The number of nitro benzene ring substituents is 1. The monoisotopic (exact) mass is 338 g/mol. The molecular weight excluding hydrogens is 327 g/mol. The van der Waals surface area contributed by atoms with Crippen LogP contribution in [0.15, 0.2) is 30.3 Å². The lowest BCUT2D eigenvalue weighted by Crippen LogP contribution is -2.68. The Labute approximate surface area is 127 Å². The first-order chi connectivity index (χ1) is 9.50. The molecule has 10 heteroatoms. The van der Waals surface area contributed by atoms with Crippen molar-refractivity contribution in [2.45, 2.75) is 0 Å². The van der Waals surface area contributed by atoms with Gasteiger partial charge in [-0.1, -0.05) is 11.6 Å². The third-order valence-corrected chi connectivity index (χ3v) is 2.22. The molecule has 21 heavy (non-hydrogen) atoms. The van der Waals surface area contributed by atoms with E-state index >= 15 is 0 Å². The van der Waals surface area contributed by atoms with Crippen molar-refractivity contribution in [2.24, 2.45) is 0 Å². The molecule has 0 aliphatic rings. The van der Waals surface area contributed by atoms with E-state index in [1.807, 2.05) is 24.9 Å². The normalized spacial score (nSPS) is 11.3. The fourth-order valence-electron chi connectivity index (χ4n) is 1.05. The maximum atomic E-state index is 10.4. The Morgan fingerprint density at radius 3 is 1.90 bits per heavy atom. The van der Waals surface area contributed by atoms with Gasteiger partial charge in [-0.05, 0) is 17.7 Å². The van der Waals surface area contributed by atoms with E-state index in [4.69, 9.17) is 30.2 Å². The fourth-order valence-corrected chi connectivity index (χ4v) is 1.24. The topological polar surface area (TPSA) is 138 Å². The Morgan fingerprint density at radius 1 is 1.14 bits per heavy atom. The van der Waals surface area contributed by atoms with Gasteiger partial charge in [-0.3, -0.25) is 10.1 Å². The number of non-ortho nitro benzene ring substituents is 1. The second-order valence-corrected chi connectivity index (χ2v) is 4.97. The van der Waals surface area contributed by atoms with Crippen molar-refractivity contribution < 1.29 is 38.4 Å². The molecule has 0 heterocycles. The van der Waals surface area contributed by atoms with Crippen molar-refractivity contribution >= 4 is 28.5 Å². The average molecular weight is 339 g/mol. The molecule has 8 nitrogen and oxygen atoms in total. The van der Waals surface area contributed by atoms with Crippen LogP contribution in [-0.2, 0) is 0 Å². The summed E-state index contributed by atoms with van der Waals surface area (Å²) < 4.78 is 35.8. The average Bonchev–Trinajstić information content (AvgIpc) is 2.34. The summed E-state index contributed by atoms with van der Waals surface area (Å²) in [4.78, 5) is 10.0. The largest absolute Gasteiger partial charge is 0.269 e. The molecule has 0 saturated heterocycles. The molecule has 1 aromatic rings. The van der Waals surface area contributed by atoms with Gasteiger partial charge in [0.25, 0.3) is 5.69 Å². The predicted molar refractivity (Wildman–Crippen MR) is 65.1 cm³/mol. The maximum Gasteiger partial charge on any atom is 0.269 e. The molecule has 0 aliphatic carbocycles. The molecule has 0 aliphatic heterocycles. The molecule has 0 spiro atoms. The number of nitrogens with zero attached hydrogens (tertiary/aromatic N) is 2. The summed E-state index contributed by atoms with van der Waals surface area (Å²) in [6.07, 6.45) is 3.55. The van der Waals surface area contributed by atoms with Gasteiger partial charge in [0.1, 0.15) is 14.1 Å². The van der Waals surface area contributed by atoms with E-state index in [1.54, 1.807) is 18.2 Å². The van der Waals surface area contributed by atoms with Crippen molar-refractivity contribution in [1.82, 2.24) is 0 Å². The van der Waals surface area contributed by atoms with Crippen LogP contribution in [0.4, 0.5) is 5.69 Å². The number of hydrogen-bond acceptors (Lipinski definition) is 6. The van der Waals surface area contributed by atoms with Gasteiger partial charge < -0.3 is 0 Å². The highest BCUT2D eigenvalue weighted by molar-refractivity contribution is 6.49. The van der Waals surface area contributed by atoms with Crippen molar-refractivity contribution in [1.29, 1.82) is 0 Å². The van der Waals surface area contributed by atoms with Crippen LogP contribution in [0.1, 0.15) is 5.56 Å². The fraction of sp³-hybridized carbons (Fsp3) is 0.182. The highest BCUT2D eigenvalue weighted by Gasteiger charge is 2.05. The van der Waals surface area contributed by atoms with E-state index in [1.165, 1.54) is 12.1 Å². The van der Waals surface area contributed by atoms with E-state index in [0.29, 0.717) is 5.03 Å². The molecule has 1 rings (SSSR count). The van der Waals surface area contributed by atoms with Crippen LogP contribution in [-0.4, -0.2) is 29.8 Å². The predicted octanol–water partition coefficient (Wildman–Crippen LogP) is -2.24. The first-order valence-electron chi connectivity index (χ1n) is 5.24. The van der Waals surface area contributed by atoms with E-state index in [9.17, 15) is 10.1 Å². The van der Waals surface area contributed by atoms with E-state index < -0.39 is 15.2 Å². The quantitative estimate of drug-likeness (QED) is 0.264. The summed E-state index contributed by atoms with van der Waals surface area (Å²) in [5, 5.41) is 11.0. The molecule has 116 valence electrons. The van der Waals surface area contributed by atoms with Crippen LogP contribution in [0.25, 0.3) is 5.03 Å². The van der Waals surface area contributed by atoms with Crippen LogP contribution in [0.5, 0.6) is 0 Å². The lowest BCUT2D eigenvalue weighted by Gasteiger charge is -2.17. The molecule has 0 atom stereocenters. The third-order valence-electron chi connectivity index (χ3n) is 1.87. The Hall–Kier alpha value is -1.55. The zero-order chi connectivity index (χ0) is 16.6. The number of benzene rings is 1. The minimum atomic E-state index is -4.94. The highest BCUT2D eigenvalue weighted by Crippen LogP contribution is 2.21. The van der Waals surface area contributed by atoms with Gasteiger partial charge in [-0.15, -0.1) is 10.2 Å². The number of halogens is 2. The Balaban J connectivity index is 0.000000690. The Bertz CT molecular complexity index is 527. The zero-order valence-electron chi connectivity index (χ0n) is 11.1. The molecule has 0 saturated carbocycles. The molecule has 1 aromatic carbocycles. The van der Waals surface area contributed by atoms with Crippen LogP contribution in [0.2, 0.25) is 0 Å². The lowest BCUT2D eigenvalue weighted by molar-refractivity contribution is -2.00. The summed E-state index contributed by atoms with van der Waals surface area (Å²) >= 11 is 6.02. The lowest BCUT2D eigenvalue weighted by atomic mass is 10.2. The highest BCUT2D eigenvalue weighted by atomic mass is 35.7. The minimum Gasteiger partial charge on any atom is -0.258 e. The van der Waals surface area contributed by atoms with Gasteiger partial charge in [-0.25, -0.2) is 23.2 Å². The molecule has 0 fully saturated rings. The van der Waals surface area contributed by atoms with Gasteiger partial charge >= 0.3 is 0 Å². The van der Waals surface area contributed by atoms with Gasteiger partial charge in [-0.2, -0.15) is 0 Å². The van der Waals surface area contributed by atoms with E-state index in [2.05, 4.69) is 0 Å². The summed E-state index contributed by atoms with van der Waals surface area (Å²) in [7, 11) is -1.17. The zero-order valence-corrected chi connectivity index (χ0v) is 12.6. The molecular formula is C11H12Cl2N2O6. The molecule has 0 unspecified atom stereocenters. The SMILES string of the molecule is C[N+](C)=C/C=C(\Cl)c1ccc([N+](=O)[O-])cc1.[O-][Cl+3]([O-])([O-])[O-]. The number of allylic oxidation sites excluding steroid dienone is 1. The van der Waals surface area contributed by atoms with Gasteiger partial charge in [0, 0.05) is 18.2 Å². The summed E-state index contributed by atoms with van der Waals surface area (Å²) in [6.45, 7) is 0. The summed E-state index contributed by atoms with van der Waals surface area (Å²) in [6, 6.07) is 6.11. The van der Waals surface area contributed by atoms with E-state index in [0.717, 1.165) is 5.56 Å². The summed E-state index contributed by atoms with van der Waals surface area (Å²) in [5.41, 5.74) is 0.815. The van der Waals surface area contributed by atoms with Crippen molar-refractivity contribution in [2.75, 3.05) is 14.1 Å². The second kappa shape index (κ2) is 8.67. The molecule has 0 N–H and O–H groups in total. The number of nitro groups is 1. The van der Waals surface area contributed by atoms with Crippen LogP contribution >= 0.6 is 11.6 Å². The molecule has 0 amide bonds. The summed E-state index contributed by atoms with van der Waals surface area (Å²) in [5.74, 6) is 0. The first kappa shape index (κ1) is 19.4. The number of hydrogen-bond donors (Lipinski definition) is 0.